The highest BCUT2D eigenvalue weighted by Crippen LogP contribution is 2.28. The Bertz CT molecular complexity index is 1170. The summed E-state index contributed by atoms with van der Waals surface area (Å²) in [7, 11) is 3.75. The van der Waals surface area contributed by atoms with Gasteiger partial charge in [0.25, 0.3) is 0 Å². The quantitative estimate of drug-likeness (QED) is 0.552. The van der Waals surface area contributed by atoms with Gasteiger partial charge in [-0.25, -0.2) is 9.97 Å². The summed E-state index contributed by atoms with van der Waals surface area (Å²) in [5, 5.41) is 0. The molecule has 1 fully saturated rings. The molecule has 0 amide bonds. The molecule has 2 aromatic carbocycles. The van der Waals surface area contributed by atoms with Gasteiger partial charge in [-0.1, -0.05) is 24.3 Å². The van der Waals surface area contributed by atoms with Crippen molar-refractivity contribution in [2.24, 2.45) is 7.05 Å². The number of nitrogens with zero attached hydrogens (tertiary/aromatic N) is 4. The van der Waals surface area contributed by atoms with Crippen LogP contribution in [0.3, 0.4) is 0 Å². The number of aromatic nitrogens is 4. The Balaban J connectivity index is 1.41. The monoisotopic (exact) mass is 403 g/mol. The van der Waals surface area contributed by atoms with Crippen LogP contribution >= 0.6 is 0 Å². The van der Waals surface area contributed by atoms with Crippen molar-refractivity contribution in [1.29, 1.82) is 0 Å². The molecule has 1 atom stereocenters. The van der Waals surface area contributed by atoms with Crippen LogP contribution < -0.4 is 4.74 Å². The number of fused-ring (bicyclic) bond motifs is 1. The Morgan fingerprint density at radius 2 is 2.10 bits per heavy atom. The molecular formula is C23H25N5O2. The highest BCUT2D eigenvalue weighted by atomic mass is 16.5. The van der Waals surface area contributed by atoms with Crippen LogP contribution in [0.15, 0.2) is 54.7 Å². The molecule has 4 aromatic rings. The Morgan fingerprint density at radius 1 is 1.20 bits per heavy atom. The van der Waals surface area contributed by atoms with Crippen LogP contribution in [0.1, 0.15) is 17.7 Å². The fourth-order valence-corrected chi connectivity index (χ4v) is 4.04. The van der Waals surface area contributed by atoms with E-state index in [0.29, 0.717) is 13.2 Å². The SMILES string of the molecule is COc1cccc(-c2cnc(C3COCCN3Cc3nc4ccccc4n3C)[nH]2)c1. The van der Waals surface area contributed by atoms with E-state index in [4.69, 9.17) is 14.5 Å². The largest absolute Gasteiger partial charge is 0.497 e. The van der Waals surface area contributed by atoms with Crippen molar-refractivity contribution < 1.29 is 9.47 Å². The lowest BCUT2D eigenvalue weighted by atomic mass is 10.1. The van der Waals surface area contributed by atoms with Crippen molar-refractivity contribution in [3.8, 4) is 17.0 Å². The Kier molecular flexibility index (Phi) is 4.98. The lowest BCUT2D eigenvalue weighted by Crippen LogP contribution is -2.40. The zero-order valence-electron chi connectivity index (χ0n) is 17.2. The van der Waals surface area contributed by atoms with Crippen molar-refractivity contribution >= 4 is 11.0 Å². The number of H-pyrrole nitrogens is 1. The normalized spacial score (nSPS) is 17.5. The highest BCUT2D eigenvalue weighted by molar-refractivity contribution is 5.75. The summed E-state index contributed by atoms with van der Waals surface area (Å²) >= 11 is 0. The van der Waals surface area contributed by atoms with E-state index in [9.17, 15) is 0 Å². The van der Waals surface area contributed by atoms with E-state index in [1.807, 2.05) is 42.6 Å². The summed E-state index contributed by atoms with van der Waals surface area (Å²) in [5.74, 6) is 2.78. The van der Waals surface area contributed by atoms with Crippen LogP contribution in [0.2, 0.25) is 0 Å². The second-order valence-electron chi connectivity index (χ2n) is 7.55. The number of ether oxygens (including phenoxy) is 2. The van der Waals surface area contributed by atoms with E-state index in [2.05, 4.69) is 38.6 Å². The van der Waals surface area contributed by atoms with E-state index in [-0.39, 0.29) is 6.04 Å². The smallest absolute Gasteiger partial charge is 0.126 e. The zero-order valence-corrected chi connectivity index (χ0v) is 17.2. The summed E-state index contributed by atoms with van der Waals surface area (Å²) in [6.07, 6.45) is 1.88. The minimum absolute atomic E-state index is 0.0536. The molecule has 7 heteroatoms. The summed E-state index contributed by atoms with van der Waals surface area (Å²) in [4.78, 5) is 15.4. The van der Waals surface area contributed by atoms with Crippen molar-refractivity contribution in [2.75, 3.05) is 26.9 Å². The standard InChI is InChI=1S/C23H25N5O2/c1-27-20-9-4-3-8-18(20)25-22(27)14-28-10-11-30-15-21(28)23-24-13-19(26-23)16-6-5-7-17(12-16)29-2/h3-9,12-13,21H,10-11,14-15H2,1-2H3,(H,24,26). The molecule has 154 valence electrons. The van der Waals surface area contributed by atoms with Gasteiger partial charge in [0.15, 0.2) is 0 Å². The number of imidazole rings is 2. The molecule has 1 unspecified atom stereocenters. The van der Waals surface area contributed by atoms with Crippen molar-refractivity contribution in [3.63, 3.8) is 0 Å². The summed E-state index contributed by atoms with van der Waals surface area (Å²) in [6, 6.07) is 16.3. The van der Waals surface area contributed by atoms with Crippen molar-refractivity contribution in [2.45, 2.75) is 12.6 Å². The maximum atomic E-state index is 5.80. The number of aryl methyl sites for hydroxylation is 1. The van der Waals surface area contributed by atoms with Gasteiger partial charge in [0.2, 0.25) is 0 Å². The molecule has 0 saturated carbocycles. The summed E-state index contributed by atoms with van der Waals surface area (Å²) < 4.78 is 13.3. The van der Waals surface area contributed by atoms with Crippen LogP contribution in [-0.2, 0) is 18.3 Å². The molecule has 7 nitrogen and oxygen atoms in total. The molecule has 3 heterocycles. The number of hydrogen-bond acceptors (Lipinski definition) is 5. The molecular weight excluding hydrogens is 378 g/mol. The zero-order chi connectivity index (χ0) is 20.5. The number of benzene rings is 2. The van der Waals surface area contributed by atoms with Gasteiger partial charge in [-0.2, -0.15) is 0 Å². The number of rotatable bonds is 5. The number of para-hydroxylation sites is 2. The van der Waals surface area contributed by atoms with Gasteiger partial charge in [0.1, 0.15) is 17.4 Å². The van der Waals surface area contributed by atoms with Crippen LogP contribution in [0.25, 0.3) is 22.3 Å². The molecule has 0 radical (unpaired) electrons. The van der Waals surface area contributed by atoms with Gasteiger partial charge in [-0.15, -0.1) is 0 Å². The Labute approximate surface area is 175 Å². The van der Waals surface area contributed by atoms with Gasteiger partial charge in [0.05, 0.1) is 55.8 Å². The first kappa shape index (κ1) is 18.8. The third-order valence-corrected chi connectivity index (χ3v) is 5.76. The maximum Gasteiger partial charge on any atom is 0.126 e. The molecule has 1 aliphatic rings. The van der Waals surface area contributed by atoms with Gasteiger partial charge in [0, 0.05) is 19.2 Å². The van der Waals surface area contributed by atoms with E-state index in [1.54, 1.807) is 7.11 Å². The Morgan fingerprint density at radius 3 is 2.97 bits per heavy atom. The van der Waals surface area contributed by atoms with Crippen LogP contribution in [0.5, 0.6) is 5.75 Å². The molecule has 0 bridgehead atoms. The number of hydrogen-bond donors (Lipinski definition) is 1. The lowest BCUT2D eigenvalue weighted by Gasteiger charge is -2.34. The average molecular weight is 403 g/mol. The second kappa shape index (κ2) is 7.93. The van der Waals surface area contributed by atoms with Gasteiger partial charge < -0.3 is 19.0 Å². The minimum Gasteiger partial charge on any atom is -0.497 e. The van der Waals surface area contributed by atoms with Gasteiger partial charge in [-0.05, 0) is 24.3 Å². The number of methoxy groups -OCH3 is 1. The first-order chi connectivity index (χ1) is 14.7. The Hall–Kier alpha value is -3.16. The van der Waals surface area contributed by atoms with Gasteiger partial charge in [-0.3, -0.25) is 4.90 Å². The van der Waals surface area contributed by atoms with E-state index >= 15 is 0 Å². The van der Waals surface area contributed by atoms with Crippen molar-refractivity contribution in [3.05, 3.63) is 66.4 Å². The fraction of sp³-hybridized carbons (Fsp3) is 0.304. The summed E-state index contributed by atoms with van der Waals surface area (Å²) in [5.41, 5.74) is 4.19. The molecule has 2 aromatic heterocycles. The molecule has 5 rings (SSSR count). The van der Waals surface area contributed by atoms with E-state index in [0.717, 1.165) is 52.8 Å². The molecule has 0 aliphatic carbocycles. The number of nitrogens with one attached hydrogen (secondary N) is 1. The summed E-state index contributed by atoms with van der Waals surface area (Å²) in [6.45, 7) is 2.90. The van der Waals surface area contributed by atoms with E-state index in [1.165, 1.54) is 0 Å². The third kappa shape index (κ3) is 3.46. The minimum atomic E-state index is 0.0536. The number of morpholine rings is 1. The van der Waals surface area contributed by atoms with Crippen LogP contribution in [0.4, 0.5) is 0 Å². The lowest BCUT2D eigenvalue weighted by molar-refractivity contribution is -0.0170. The van der Waals surface area contributed by atoms with Crippen LogP contribution in [-0.4, -0.2) is 51.3 Å². The molecule has 1 aliphatic heterocycles. The average Bonchev–Trinajstić information content (AvgIpc) is 3.40. The fourth-order valence-electron chi connectivity index (χ4n) is 4.04. The third-order valence-electron chi connectivity index (χ3n) is 5.76. The molecule has 1 saturated heterocycles. The highest BCUT2D eigenvalue weighted by Gasteiger charge is 2.28. The van der Waals surface area contributed by atoms with Crippen LogP contribution in [0, 0.1) is 0 Å². The van der Waals surface area contributed by atoms with Gasteiger partial charge >= 0.3 is 0 Å². The van der Waals surface area contributed by atoms with Crippen molar-refractivity contribution in [1.82, 2.24) is 24.4 Å². The molecule has 30 heavy (non-hydrogen) atoms. The maximum absolute atomic E-state index is 5.80. The first-order valence-corrected chi connectivity index (χ1v) is 10.1. The first-order valence-electron chi connectivity index (χ1n) is 10.1. The molecule has 1 N–H and O–H groups in total. The predicted molar refractivity (Wildman–Crippen MR) is 115 cm³/mol. The topological polar surface area (TPSA) is 68.2 Å². The second-order valence-corrected chi connectivity index (χ2v) is 7.55. The molecule has 0 spiro atoms. The van der Waals surface area contributed by atoms with E-state index < -0.39 is 0 Å². The number of aromatic amines is 1. The predicted octanol–water partition coefficient (Wildman–Crippen LogP) is 3.55.